The summed E-state index contributed by atoms with van der Waals surface area (Å²) in [7, 11) is 0. The Labute approximate surface area is 156 Å². The van der Waals surface area contributed by atoms with Gasteiger partial charge in [-0.05, 0) is 43.0 Å². The second kappa shape index (κ2) is 10.1. The molecule has 2 rings (SSSR count). The highest BCUT2D eigenvalue weighted by Gasteiger charge is 2.11. The lowest BCUT2D eigenvalue weighted by Crippen LogP contribution is -2.00. The Kier molecular flexibility index (Phi) is 7.76. The molecule has 0 amide bonds. The lowest BCUT2D eigenvalue weighted by molar-refractivity contribution is 0.784. The lowest BCUT2D eigenvalue weighted by atomic mass is 10.1. The number of aryl methyl sites for hydroxylation is 1. The molecule has 0 fully saturated rings. The van der Waals surface area contributed by atoms with E-state index in [2.05, 4.69) is 50.0 Å². The molecule has 0 spiro atoms. The number of nitriles is 1. The van der Waals surface area contributed by atoms with Crippen molar-refractivity contribution in [1.29, 1.82) is 5.26 Å². The molecule has 0 aliphatic heterocycles. The van der Waals surface area contributed by atoms with Crippen LogP contribution in [-0.4, -0.2) is 11.5 Å². The van der Waals surface area contributed by atoms with Gasteiger partial charge in [-0.2, -0.15) is 5.26 Å². The Hall–Kier alpha value is -2.05. The van der Waals surface area contributed by atoms with Crippen LogP contribution in [0.15, 0.2) is 52.4 Å². The first-order valence-corrected chi connectivity index (χ1v) is 9.88. The maximum atomic E-state index is 9.03. The van der Waals surface area contributed by atoms with Gasteiger partial charge in [0, 0.05) is 21.9 Å². The van der Waals surface area contributed by atoms with Crippen molar-refractivity contribution in [3.63, 3.8) is 0 Å². The average molecular weight is 351 g/mol. The van der Waals surface area contributed by atoms with Crippen molar-refractivity contribution < 1.29 is 0 Å². The Morgan fingerprint density at radius 3 is 2.72 bits per heavy atom. The smallest absolute Gasteiger partial charge is 0.0992 e. The number of thioether (sulfide) groups is 1. The molecule has 0 aromatic heterocycles. The van der Waals surface area contributed by atoms with E-state index >= 15 is 0 Å². The molecule has 1 unspecified atom stereocenters. The van der Waals surface area contributed by atoms with Crippen LogP contribution in [0.2, 0.25) is 0 Å². The zero-order valence-electron chi connectivity index (χ0n) is 15.3. The number of hydrogen-bond acceptors (Lipinski definition) is 3. The average Bonchev–Trinajstić information content (AvgIpc) is 2.65. The highest BCUT2D eigenvalue weighted by atomic mass is 32.2. The molecule has 2 aromatic rings. The van der Waals surface area contributed by atoms with E-state index in [1.807, 2.05) is 36.2 Å². The second-order valence-electron chi connectivity index (χ2n) is 6.20. The molecule has 0 aliphatic rings. The molecular weight excluding hydrogens is 324 g/mol. The predicted octanol–water partition coefficient (Wildman–Crippen LogP) is 6.54. The maximum Gasteiger partial charge on any atom is 0.0992 e. The minimum atomic E-state index is 0.580. The number of hydrogen-bond donors (Lipinski definition) is 0. The summed E-state index contributed by atoms with van der Waals surface area (Å²) in [4.78, 5) is 5.96. The van der Waals surface area contributed by atoms with E-state index in [-0.39, 0.29) is 0 Å². The van der Waals surface area contributed by atoms with Gasteiger partial charge in [-0.3, -0.25) is 4.99 Å². The van der Waals surface area contributed by atoms with Crippen LogP contribution in [0.25, 0.3) is 0 Å². The van der Waals surface area contributed by atoms with Crippen LogP contribution in [0.5, 0.6) is 0 Å². The second-order valence-corrected chi connectivity index (χ2v) is 7.64. The summed E-state index contributed by atoms with van der Waals surface area (Å²) in [6.45, 7) is 6.74. The first kappa shape index (κ1) is 19.3. The quantitative estimate of drug-likeness (QED) is 0.400. The Morgan fingerprint density at radius 1 is 1.20 bits per heavy atom. The van der Waals surface area contributed by atoms with E-state index in [4.69, 9.17) is 5.26 Å². The van der Waals surface area contributed by atoms with Crippen LogP contribution in [0.3, 0.4) is 0 Å². The third-order valence-corrected chi connectivity index (χ3v) is 5.62. The number of aliphatic imine (C=N–C) groups is 1. The van der Waals surface area contributed by atoms with Gasteiger partial charge >= 0.3 is 0 Å². The Bertz CT molecular complexity index is 759. The van der Waals surface area contributed by atoms with E-state index < -0.39 is 0 Å². The summed E-state index contributed by atoms with van der Waals surface area (Å²) in [6, 6.07) is 16.1. The zero-order chi connectivity index (χ0) is 18.1. The molecule has 0 aliphatic carbocycles. The molecule has 25 heavy (non-hydrogen) atoms. The molecule has 0 N–H and O–H groups in total. The van der Waals surface area contributed by atoms with Crippen molar-refractivity contribution in [1.82, 2.24) is 0 Å². The maximum absolute atomic E-state index is 9.03. The van der Waals surface area contributed by atoms with Gasteiger partial charge in [0.1, 0.15) is 0 Å². The van der Waals surface area contributed by atoms with E-state index in [1.54, 1.807) is 6.07 Å². The standard InChI is InChI=1S/C22H26N2S/c1-4-6-10-19-11-8-12-20(22(19)25-17(3)5-2)16-24-21-13-7-9-18(14-21)15-23/h7-9,11-14,16-17H,4-6,10H2,1-3H3. The topological polar surface area (TPSA) is 36.1 Å². The minimum Gasteiger partial charge on any atom is -0.256 e. The molecular formula is C22H26N2S. The van der Waals surface area contributed by atoms with Crippen LogP contribution >= 0.6 is 11.8 Å². The number of nitrogens with zero attached hydrogens (tertiary/aromatic N) is 2. The van der Waals surface area contributed by atoms with Crippen molar-refractivity contribution in [3.8, 4) is 6.07 Å². The van der Waals surface area contributed by atoms with E-state index in [0.717, 1.165) is 18.5 Å². The van der Waals surface area contributed by atoms with Gasteiger partial charge in [0.15, 0.2) is 0 Å². The van der Waals surface area contributed by atoms with Gasteiger partial charge in [-0.25, -0.2) is 0 Å². The fourth-order valence-electron chi connectivity index (χ4n) is 2.50. The van der Waals surface area contributed by atoms with Crippen LogP contribution < -0.4 is 0 Å². The molecule has 1 atom stereocenters. The number of rotatable bonds is 8. The molecule has 3 heteroatoms. The highest BCUT2D eigenvalue weighted by Crippen LogP contribution is 2.32. The van der Waals surface area contributed by atoms with Gasteiger partial charge in [0.05, 0.1) is 17.3 Å². The van der Waals surface area contributed by atoms with Gasteiger partial charge in [-0.1, -0.05) is 51.5 Å². The van der Waals surface area contributed by atoms with Crippen molar-refractivity contribution in [2.24, 2.45) is 4.99 Å². The fourth-order valence-corrected chi connectivity index (χ4v) is 3.65. The first-order chi connectivity index (χ1) is 12.2. The fraction of sp³-hybridized carbons (Fsp3) is 0.364. The van der Waals surface area contributed by atoms with Crippen molar-refractivity contribution in [2.45, 2.75) is 56.6 Å². The normalized spacial score (nSPS) is 12.2. The Morgan fingerprint density at radius 2 is 2.00 bits per heavy atom. The summed E-state index contributed by atoms with van der Waals surface area (Å²) in [5.41, 5.74) is 4.04. The molecule has 0 heterocycles. The first-order valence-electron chi connectivity index (χ1n) is 9.00. The largest absolute Gasteiger partial charge is 0.256 e. The van der Waals surface area contributed by atoms with Crippen LogP contribution in [0, 0.1) is 11.3 Å². The summed E-state index contributed by atoms with van der Waals surface area (Å²) < 4.78 is 0. The van der Waals surface area contributed by atoms with Gasteiger partial charge < -0.3 is 0 Å². The lowest BCUT2D eigenvalue weighted by Gasteiger charge is -2.15. The monoisotopic (exact) mass is 350 g/mol. The molecule has 0 radical (unpaired) electrons. The van der Waals surface area contributed by atoms with E-state index in [0.29, 0.717) is 10.8 Å². The summed E-state index contributed by atoms with van der Waals surface area (Å²) in [6.07, 6.45) is 6.61. The molecule has 2 nitrogen and oxygen atoms in total. The zero-order valence-corrected chi connectivity index (χ0v) is 16.1. The van der Waals surface area contributed by atoms with Gasteiger partial charge in [-0.15, -0.1) is 11.8 Å². The molecule has 0 bridgehead atoms. The summed E-state index contributed by atoms with van der Waals surface area (Å²) in [5.74, 6) is 0. The van der Waals surface area contributed by atoms with E-state index in [1.165, 1.54) is 28.9 Å². The van der Waals surface area contributed by atoms with Crippen LogP contribution in [0.1, 0.15) is 56.7 Å². The van der Waals surface area contributed by atoms with Crippen molar-refractivity contribution in [2.75, 3.05) is 0 Å². The molecule has 0 saturated heterocycles. The van der Waals surface area contributed by atoms with Gasteiger partial charge in [0.2, 0.25) is 0 Å². The number of unbranched alkanes of at least 4 members (excludes halogenated alkanes) is 1. The molecule has 130 valence electrons. The van der Waals surface area contributed by atoms with Crippen LogP contribution in [-0.2, 0) is 6.42 Å². The van der Waals surface area contributed by atoms with Crippen molar-refractivity contribution >= 4 is 23.7 Å². The van der Waals surface area contributed by atoms with Crippen LogP contribution in [0.4, 0.5) is 5.69 Å². The third kappa shape index (κ3) is 5.76. The predicted molar refractivity (Wildman–Crippen MR) is 109 cm³/mol. The Balaban J connectivity index is 2.34. The third-order valence-electron chi connectivity index (χ3n) is 4.15. The minimum absolute atomic E-state index is 0.580. The van der Waals surface area contributed by atoms with E-state index in [9.17, 15) is 0 Å². The molecule has 0 saturated carbocycles. The molecule has 2 aromatic carbocycles. The highest BCUT2D eigenvalue weighted by molar-refractivity contribution is 8.00. The summed E-state index contributed by atoms with van der Waals surface area (Å²) >= 11 is 1.95. The SMILES string of the molecule is CCCCc1cccc(C=Nc2cccc(C#N)c2)c1SC(C)CC. The van der Waals surface area contributed by atoms with Gasteiger partial charge in [0.25, 0.3) is 0 Å². The number of benzene rings is 2. The van der Waals surface area contributed by atoms with Crippen molar-refractivity contribution in [3.05, 3.63) is 59.2 Å². The summed E-state index contributed by atoms with van der Waals surface area (Å²) in [5, 5.41) is 9.61.